The van der Waals surface area contributed by atoms with E-state index in [2.05, 4.69) is 105 Å². The van der Waals surface area contributed by atoms with Crippen molar-refractivity contribution in [3.8, 4) is 0 Å². The van der Waals surface area contributed by atoms with Crippen LogP contribution in [0.1, 0.15) is 86.0 Å². The number of nitrogens with zero attached hydrogens (tertiary/aromatic N) is 8. The zero-order valence-corrected chi connectivity index (χ0v) is 35.5. The number of hydrogen-bond donors (Lipinski definition) is 0. The van der Waals surface area contributed by atoms with Crippen molar-refractivity contribution < 1.29 is 18.9 Å². The number of rotatable bonds is 31. The second-order valence-corrected chi connectivity index (χ2v) is 16.0. The molecule has 0 N–H and O–H groups in total. The molecule has 6 rings (SSSR count). The lowest BCUT2D eigenvalue weighted by Gasteiger charge is -2.28. The van der Waals surface area contributed by atoms with Crippen molar-refractivity contribution in [2.75, 3.05) is 79.0 Å². The van der Waals surface area contributed by atoms with Crippen molar-refractivity contribution in [2.24, 2.45) is 0 Å². The smallest absolute Gasteiger partial charge is 0.0827 e. The van der Waals surface area contributed by atoms with E-state index >= 15 is 0 Å². The first kappa shape index (κ1) is 44.0. The molecule has 0 aliphatic heterocycles. The van der Waals surface area contributed by atoms with E-state index in [-0.39, 0.29) is 0 Å². The summed E-state index contributed by atoms with van der Waals surface area (Å²) in [7, 11) is 0. The minimum absolute atomic E-state index is 0.535. The molecular formula is C46H70N8O4. The van der Waals surface area contributed by atoms with E-state index in [1.807, 2.05) is 9.36 Å². The maximum atomic E-state index is 5.75. The lowest BCUT2D eigenvalue weighted by molar-refractivity contribution is -0.00370. The molecule has 2 aliphatic carbocycles. The monoisotopic (exact) mass is 799 g/mol. The van der Waals surface area contributed by atoms with Crippen LogP contribution < -0.4 is 0 Å². The highest BCUT2D eigenvalue weighted by Crippen LogP contribution is 2.27. The van der Waals surface area contributed by atoms with E-state index in [9.17, 15) is 0 Å². The second-order valence-electron chi connectivity index (χ2n) is 16.0. The number of aromatic nitrogens is 6. The van der Waals surface area contributed by atoms with E-state index in [1.54, 1.807) is 0 Å². The summed E-state index contributed by atoms with van der Waals surface area (Å²) >= 11 is 0. The fourth-order valence-electron chi connectivity index (χ4n) is 8.56. The third kappa shape index (κ3) is 14.6. The maximum Gasteiger partial charge on any atom is 0.0827 e. The van der Waals surface area contributed by atoms with Gasteiger partial charge in [-0.1, -0.05) is 72.8 Å². The first-order chi connectivity index (χ1) is 28.7. The van der Waals surface area contributed by atoms with Gasteiger partial charge in [-0.15, -0.1) is 10.2 Å². The molecule has 0 fully saturated rings. The molecule has 0 unspecified atom stereocenters. The van der Waals surface area contributed by atoms with E-state index < -0.39 is 0 Å². The molecular weight excluding hydrogens is 729 g/mol. The third-order valence-electron chi connectivity index (χ3n) is 11.6. The van der Waals surface area contributed by atoms with E-state index in [1.165, 1.54) is 86.7 Å². The van der Waals surface area contributed by atoms with Crippen LogP contribution in [0.25, 0.3) is 0 Å². The van der Waals surface area contributed by atoms with Gasteiger partial charge in [-0.3, -0.25) is 9.80 Å². The largest absolute Gasteiger partial charge is 0.377 e. The van der Waals surface area contributed by atoms with Gasteiger partial charge in [-0.2, -0.15) is 0 Å². The molecule has 318 valence electrons. The average molecular weight is 799 g/mol. The lowest BCUT2D eigenvalue weighted by atomic mass is 10.1. The Morgan fingerprint density at radius 3 is 1.22 bits per heavy atom. The van der Waals surface area contributed by atoms with Gasteiger partial charge < -0.3 is 18.9 Å². The van der Waals surface area contributed by atoms with Gasteiger partial charge in [0.15, 0.2) is 0 Å². The second kappa shape index (κ2) is 25.2. The predicted octanol–water partition coefficient (Wildman–Crippen LogP) is 6.04. The number of aryl methyl sites for hydroxylation is 2. The van der Waals surface area contributed by atoms with Gasteiger partial charge in [-0.25, -0.2) is 9.36 Å². The normalized spacial score (nSPS) is 14.3. The summed E-state index contributed by atoms with van der Waals surface area (Å²) in [5, 5.41) is 17.4. The van der Waals surface area contributed by atoms with Gasteiger partial charge in [0.05, 0.1) is 77.3 Å². The summed E-state index contributed by atoms with van der Waals surface area (Å²) in [5.74, 6) is 0. The summed E-state index contributed by atoms with van der Waals surface area (Å²) in [6, 6.07) is 19.2. The third-order valence-corrected chi connectivity index (χ3v) is 11.6. The zero-order valence-electron chi connectivity index (χ0n) is 35.5. The molecule has 2 heterocycles. The number of ether oxygens (including phenoxy) is 4. The molecule has 0 atom stereocenters. The highest BCUT2D eigenvalue weighted by atomic mass is 16.6. The first-order valence-corrected chi connectivity index (χ1v) is 22.4. The van der Waals surface area contributed by atoms with Crippen LogP contribution in [0.5, 0.6) is 0 Å². The van der Waals surface area contributed by atoms with Crippen LogP contribution in [-0.4, -0.2) is 131 Å². The number of unbranched alkanes of at least 4 members (excludes halogenated alkanes) is 2. The minimum Gasteiger partial charge on any atom is -0.377 e. The Balaban J connectivity index is 0.697. The van der Waals surface area contributed by atoms with Crippen molar-refractivity contribution in [3.05, 3.63) is 94.6 Å². The molecule has 0 saturated heterocycles. The number of hydrogen-bond acceptors (Lipinski definition) is 10. The topological polar surface area (TPSA) is 105 Å². The molecule has 2 aliphatic rings. The van der Waals surface area contributed by atoms with Gasteiger partial charge in [0.1, 0.15) is 0 Å². The van der Waals surface area contributed by atoms with Gasteiger partial charge in [0.2, 0.25) is 0 Å². The molecule has 0 radical (unpaired) electrons. The summed E-state index contributed by atoms with van der Waals surface area (Å²) in [4.78, 5) is 5.41. The number of fused-ring (bicyclic) bond motifs is 2. The van der Waals surface area contributed by atoms with Gasteiger partial charge >= 0.3 is 0 Å². The predicted molar refractivity (Wildman–Crippen MR) is 228 cm³/mol. The van der Waals surface area contributed by atoms with E-state index in [0.29, 0.717) is 78.0 Å². The first-order valence-electron chi connectivity index (χ1n) is 22.4. The van der Waals surface area contributed by atoms with Crippen LogP contribution in [0.2, 0.25) is 0 Å². The lowest BCUT2D eigenvalue weighted by Crippen LogP contribution is -2.37. The van der Waals surface area contributed by atoms with Gasteiger partial charge in [0, 0.05) is 24.5 Å². The van der Waals surface area contributed by atoms with Crippen molar-refractivity contribution in [2.45, 2.75) is 116 Å². The van der Waals surface area contributed by atoms with Crippen molar-refractivity contribution in [1.29, 1.82) is 0 Å². The Labute approximate surface area is 347 Å². The molecule has 0 amide bonds. The Morgan fingerprint density at radius 2 is 0.862 bits per heavy atom. The Hall–Kier alpha value is -3.52. The van der Waals surface area contributed by atoms with Gasteiger partial charge in [-0.05, 0) is 125 Å². The van der Waals surface area contributed by atoms with Crippen LogP contribution in [0.15, 0.2) is 60.9 Å². The standard InChI is InChI=1S/C46H70N8O4/c1-3-19-51(45-33-39-13-5-6-14-40(39)34-45)21-11-9-17-43-37-53(49-47-43)23-25-55-27-29-57-31-32-58-30-28-56-26-24-54-38-44(48-50-54)18-10-12-22-52(20-4-2)46-35-41-15-7-8-16-42(41)36-46/h5-8,13-16,37-38,45-46H,3-4,9-12,17-36H2,1-2H3. The molecule has 58 heavy (non-hydrogen) atoms. The summed E-state index contributed by atoms with van der Waals surface area (Å²) < 4.78 is 26.6. The number of benzene rings is 2. The Morgan fingerprint density at radius 1 is 0.500 bits per heavy atom. The van der Waals surface area contributed by atoms with E-state index in [0.717, 1.165) is 50.2 Å². The fraction of sp³-hybridized carbons (Fsp3) is 0.652. The molecule has 4 aromatic rings. The van der Waals surface area contributed by atoms with Crippen molar-refractivity contribution in [1.82, 2.24) is 39.8 Å². The molecule has 2 aromatic heterocycles. The highest BCUT2D eigenvalue weighted by Gasteiger charge is 2.27. The molecule has 0 saturated carbocycles. The SMILES string of the molecule is CCCN(CCCCc1cn(CCOCCOCCOCCOCCn2cc(CCCCN(CCC)C3Cc4ccccc4C3)nn2)nn1)C1Cc2ccccc2C1. The quantitative estimate of drug-likeness (QED) is 0.0560. The molecule has 2 aromatic carbocycles. The van der Waals surface area contributed by atoms with Crippen LogP contribution in [-0.2, 0) is 70.6 Å². The van der Waals surface area contributed by atoms with Crippen LogP contribution >= 0.6 is 0 Å². The van der Waals surface area contributed by atoms with Crippen LogP contribution in [0, 0.1) is 0 Å². The Bertz CT molecular complexity index is 1540. The molecule has 12 nitrogen and oxygen atoms in total. The summed E-state index contributed by atoms with van der Waals surface area (Å²) in [5.41, 5.74) is 8.26. The van der Waals surface area contributed by atoms with Crippen molar-refractivity contribution in [3.63, 3.8) is 0 Å². The van der Waals surface area contributed by atoms with Crippen molar-refractivity contribution >= 4 is 0 Å². The highest BCUT2D eigenvalue weighted by molar-refractivity contribution is 5.34. The summed E-state index contributed by atoms with van der Waals surface area (Å²) in [6.45, 7) is 15.0. The fourth-order valence-corrected chi connectivity index (χ4v) is 8.56. The average Bonchev–Trinajstić information content (AvgIpc) is 4.07. The zero-order chi connectivity index (χ0) is 40.0. The molecule has 0 bridgehead atoms. The van der Waals surface area contributed by atoms with Crippen LogP contribution in [0.3, 0.4) is 0 Å². The molecule has 0 spiro atoms. The maximum absolute atomic E-state index is 5.75. The molecule has 12 heteroatoms. The van der Waals surface area contributed by atoms with Gasteiger partial charge in [0.25, 0.3) is 0 Å². The minimum atomic E-state index is 0.535. The summed E-state index contributed by atoms with van der Waals surface area (Å²) in [6.07, 6.45) is 17.8. The Kier molecular flexibility index (Phi) is 19.1. The van der Waals surface area contributed by atoms with Crippen LogP contribution in [0.4, 0.5) is 0 Å². The van der Waals surface area contributed by atoms with E-state index in [4.69, 9.17) is 18.9 Å².